The van der Waals surface area contributed by atoms with E-state index in [1.165, 1.54) is 0 Å². The average molecular weight is 393 g/mol. The summed E-state index contributed by atoms with van der Waals surface area (Å²) in [5, 5.41) is 1.84. The van der Waals surface area contributed by atoms with Crippen molar-refractivity contribution < 1.29 is 4.79 Å². The number of hydrogen-bond acceptors (Lipinski definition) is 3. The maximum atomic E-state index is 12.9. The third-order valence-electron chi connectivity index (χ3n) is 3.87. The summed E-state index contributed by atoms with van der Waals surface area (Å²) in [6.07, 6.45) is 0. The fourth-order valence-corrected chi connectivity index (χ4v) is 4.08. The van der Waals surface area contributed by atoms with Gasteiger partial charge in [0.05, 0.1) is 16.6 Å². The number of rotatable bonds is 3. The maximum Gasteiger partial charge on any atom is 0.259 e. The van der Waals surface area contributed by atoms with E-state index in [0.717, 1.165) is 21.9 Å². The molecule has 0 aliphatic carbocycles. The van der Waals surface area contributed by atoms with Crippen molar-refractivity contribution >= 4 is 46.0 Å². The minimum Gasteiger partial charge on any atom is -0.286 e. The van der Waals surface area contributed by atoms with Gasteiger partial charge in [0, 0.05) is 17.9 Å². The largest absolute Gasteiger partial charge is 0.286 e. The molecular formula is C19H18Cl2N2OS. The molecule has 0 unspecified atom stereocenters. The molecule has 0 radical (unpaired) electrons. The topological polar surface area (TPSA) is 32.7 Å². The van der Waals surface area contributed by atoms with Crippen LogP contribution in [0.15, 0.2) is 41.4 Å². The van der Waals surface area contributed by atoms with Crippen LogP contribution in [0.4, 0.5) is 0 Å². The van der Waals surface area contributed by atoms with Gasteiger partial charge < -0.3 is 0 Å². The van der Waals surface area contributed by atoms with E-state index in [-0.39, 0.29) is 5.91 Å². The number of thioether (sulfide) groups is 1. The zero-order chi connectivity index (χ0) is 18.0. The lowest BCUT2D eigenvalue weighted by Crippen LogP contribution is -2.33. The number of carbonyl (C=O) groups is 1. The zero-order valence-corrected chi connectivity index (χ0v) is 16.4. The predicted molar refractivity (Wildman–Crippen MR) is 107 cm³/mol. The molecule has 0 saturated carbocycles. The molecule has 0 N–H and O–H groups in total. The fourth-order valence-electron chi connectivity index (χ4n) is 2.77. The first-order chi connectivity index (χ1) is 11.9. The molecule has 1 aliphatic rings. The highest BCUT2D eigenvalue weighted by Gasteiger charge is 2.25. The van der Waals surface area contributed by atoms with Gasteiger partial charge in [-0.2, -0.15) is 0 Å². The van der Waals surface area contributed by atoms with Gasteiger partial charge in [0.1, 0.15) is 0 Å². The van der Waals surface area contributed by atoms with Crippen LogP contribution in [0.3, 0.4) is 0 Å². The second kappa shape index (κ2) is 7.81. The van der Waals surface area contributed by atoms with Crippen LogP contribution in [0.2, 0.25) is 10.0 Å². The van der Waals surface area contributed by atoms with Crippen molar-refractivity contribution in [3.05, 3.63) is 68.7 Å². The van der Waals surface area contributed by atoms with Crippen LogP contribution in [0.5, 0.6) is 0 Å². The Morgan fingerprint density at radius 3 is 2.52 bits per heavy atom. The summed E-state index contributed by atoms with van der Waals surface area (Å²) in [7, 11) is 0. The van der Waals surface area contributed by atoms with Crippen LogP contribution in [0.1, 0.15) is 27.0 Å². The van der Waals surface area contributed by atoms with E-state index >= 15 is 0 Å². The lowest BCUT2D eigenvalue weighted by atomic mass is 10.1. The van der Waals surface area contributed by atoms with Crippen molar-refractivity contribution in [2.24, 2.45) is 4.99 Å². The summed E-state index contributed by atoms with van der Waals surface area (Å²) in [5.74, 6) is 0.691. The summed E-state index contributed by atoms with van der Waals surface area (Å²) >= 11 is 13.6. The van der Waals surface area contributed by atoms with Gasteiger partial charge in [-0.3, -0.25) is 14.7 Å². The Bertz CT molecular complexity index is 831. The first kappa shape index (κ1) is 18.3. The molecule has 0 fully saturated rings. The van der Waals surface area contributed by atoms with Gasteiger partial charge in [0.2, 0.25) is 0 Å². The van der Waals surface area contributed by atoms with Gasteiger partial charge >= 0.3 is 0 Å². The number of aliphatic imine (C=N–C) groups is 1. The molecule has 2 aromatic rings. The molecule has 6 heteroatoms. The third-order valence-corrected chi connectivity index (χ3v) is 5.69. The molecular weight excluding hydrogens is 375 g/mol. The molecule has 0 bridgehead atoms. The molecule has 1 heterocycles. The first-order valence-corrected chi connectivity index (χ1v) is 9.69. The normalized spacial score (nSPS) is 13.9. The van der Waals surface area contributed by atoms with Gasteiger partial charge in [-0.25, -0.2) is 0 Å². The van der Waals surface area contributed by atoms with Gasteiger partial charge in [0.25, 0.3) is 5.91 Å². The lowest BCUT2D eigenvalue weighted by molar-refractivity contribution is 0.0860. The number of amidine groups is 1. The Balaban J connectivity index is 1.71. The van der Waals surface area contributed by atoms with Gasteiger partial charge in [-0.15, -0.1) is 0 Å². The van der Waals surface area contributed by atoms with Crippen LogP contribution in [-0.2, 0) is 5.75 Å². The van der Waals surface area contributed by atoms with E-state index in [1.54, 1.807) is 22.7 Å². The van der Waals surface area contributed by atoms with E-state index in [1.807, 2.05) is 38.1 Å². The molecule has 3 nitrogen and oxygen atoms in total. The van der Waals surface area contributed by atoms with Crippen molar-refractivity contribution in [1.29, 1.82) is 0 Å². The van der Waals surface area contributed by atoms with E-state index < -0.39 is 0 Å². The van der Waals surface area contributed by atoms with E-state index in [9.17, 15) is 4.79 Å². The molecule has 0 spiro atoms. The van der Waals surface area contributed by atoms with Crippen molar-refractivity contribution in [2.75, 3.05) is 13.1 Å². The molecule has 25 heavy (non-hydrogen) atoms. The van der Waals surface area contributed by atoms with Crippen molar-refractivity contribution in [2.45, 2.75) is 19.6 Å². The Labute approximate surface area is 162 Å². The second-order valence-corrected chi connectivity index (χ2v) is 7.79. The van der Waals surface area contributed by atoms with E-state index in [4.69, 9.17) is 23.2 Å². The minimum absolute atomic E-state index is 0.00434. The fraction of sp³-hybridized carbons (Fsp3) is 0.263. The Morgan fingerprint density at radius 2 is 1.84 bits per heavy atom. The smallest absolute Gasteiger partial charge is 0.259 e. The number of aryl methyl sites for hydroxylation is 2. The van der Waals surface area contributed by atoms with Crippen molar-refractivity contribution in [1.82, 2.24) is 4.90 Å². The number of benzene rings is 2. The predicted octanol–water partition coefficient (Wildman–Crippen LogP) is 5.36. The molecule has 2 aromatic carbocycles. The first-order valence-electron chi connectivity index (χ1n) is 7.95. The highest BCUT2D eigenvalue weighted by atomic mass is 35.5. The summed E-state index contributed by atoms with van der Waals surface area (Å²) in [6, 6.07) is 11.5. The molecule has 1 aliphatic heterocycles. The number of carbonyl (C=O) groups excluding carboxylic acids is 1. The highest BCUT2D eigenvalue weighted by molar-refractivity contribution is 8.13. The monoisotopic (exact) mass is 392 g/mol. The van der Waals surface area contributed by atoms with Crippen LogP contribution >= 0.6 is 35.0 Å². The molecule has 1 amide bonds. The molecule has 0 atom stereocenters. The molecule has 3 rings (SSSR count). The summed E-state index contributed by atoms with van der Waals surface area (Å²) < 4.78 is 0. The minimum atomic E-state index is 0.00434. The number of amides is 1. The van der Waals surface area contributed by atoms with Crippen LogP contribution < -0.4 is 0 Å². The Kier molecular flexibility index (Phi) is 5.72. The third kappa shape index (κ3) is 4.38. The van der Waals surface area contributed by atoms with Gasteiger partial charge in [-0.05, 0) is 43.7 Å². The Hall–Kier alpha value is -1.49. The number of hydrogen-bond donors (Lipinski definition) is 0. The molecule has 0 aromatic heterocycles. The zero-order valence-electron chi connectivity index (χ0n) is 14.1. The molecule has 130 valence electrons. The standard InChI is InChI=1S/C19H18Cl2N2OS/c1-12-7-13(2)9-15(8-12)18(24)23-6-5-22-19(23)25-11-14-3-4-16(20)17(21)10-14/h3-4,7-10H,5-6,11H2,1-2H3. The highest BCUT2D eigenvalue weighted by Crippen LogP contribution is 2.27. The van der Waals surface area contributed by atoms with Crippen molar-refractivity contribution in [3.63, 3.8) is 0 Å². The quantitative estimate of drug-likeness (QED) is 0.704. The summed E-state index contributed by atoms with van der Waals surface area (Å²) in [5.41, 5.74) is 3.93. The average Bonchev–Trinajstić information content (AvgIpc) is 3.03. The van der Waals surface area contributed by atoms with Crippen LogP contribution in [-0.4, -0.2) is 29.1 Å². The van der Waals surface area contributed by atoms with Crippen LogP contribution in [0.25, 0.3) is 0 Å². The maximum absolute atomic E-state index is 12.9. The Morgan fingerprint density at radius 1 is 1.12 bits per heavy atom. The number of halogens is 2. The lowest BCUT2D eigenvalue weighted by Gasteiger charge is -2.18. The number of nitrogens with zero attached hydrogens (tertiary/aromatic N) is 2. The van der Waals surface area contributed by atoms with E-state index in [0.29, 0.717) is 34.5 Å². The van der Waals surface area contributed by atoms with Crippen molar-refractivity contribution in [3.8, 4) is 0 Å². The van der Waals surface area contributed by atoms with Gasteiger partial charge in [-0.1, -0.05) is 58.2 Å². The SMILES string of the molecule is Cc1cc(C)cc(C(=O)N2CCN=C2SCc2ccc(Cl)c(Cl)c2)c1. The molecule has 0 saturated heterocycles. The summed E-state index contributed by atoms with van der Waals surface area (Å²) in [4.78, 5) is 19.1. The van der Waals surface area contributed by atoms with Crippen LogP contribution in [0, 0.1) is 13.8 Å². The van der Waals surface area contributed by atoms with Gasteiger partial charge in [0.15, 0.2) is 5.17 Å². The second-order valence-electron chi connectivity index (χ2n) is 6.03. The summed E-state index contributed by atoms with van der Waals surface area (Å²) in [6.45, 7) is 5.26. The van der Waals surface area contributed by atoms with E-state index in [2.05, 4.69) is 11.1 Å².